The van der Waals surface area contributed by atoms with Gasteiger partial charge in [0, 0.05) is 12.2 Å². The average molecular weight is 320 g/mol. The van der Waals surface area contributed by atoms with Crippen LogP contribution in [0.2, 0.25) is 0 Å². The molecule has 6 heteroatoms. The number of nitrogens with zero attached hydrogens (tertiary/aromatic N) is 1. The van der Waals surface area contributed by atoms with Gasteiger partial charge in [0.1, 0.15) is 12.4 Å². The molecule has 0 aliphatic heterocycles. The smallest absolute Gasteiger partial charge is 0.238 e. The number of halogens is 2. The van der Waals surface area contributed by atoms with Crippen molar-refractivity contribution in [2.24, 2.45) is 0 Å². The zero-order valence-corrected chi connectivity index (χ0v) is 12.8. The molecule has 0 atom stereocenters. The number of amides is 1. The van der Waals surface area contributed by atoms with Crippen molar-refractivity contribution in [3.8, 4) is 5.75 Å². The maximum Gasteiger partial charge on any atom is 0.238 e. The lowest BCUT2D eigenvalue weighted by atomic mass is 10.3. The summed E-state index contributed by atoms with van der Waals surface area (Å²) in [5.41, 5.74) is 0.535. The molecule has 2 rings (SSSR count). The third-order valence-corrected chi connectivity index (χ3v) is 3.11. The number of anilines is 1. The van der Waals surface area contributed by atoms with Gasteiger partial charge in [0.2, 0.25) is 5.91 Å². The summed E-state index contributed by atoms with van der Waals surface area (Å²) in [4.78, 5) is 13.6. The number of rotatable bonds is 7. The second kappa shape index (κ2) is 8.24. The Bertz CT molecular complexity index is 647. The van der Waals surface area contributed by atoms with Gasteiger partial charge in [-0.2, -0.15) is 0 Å². The molecule has 1 amide bonds. The van der Waals surface area contributed by atoms with E-state index in [1.54, 1.807) is 30.1 Å². The van der Waals surface area contributed by atoms with Crippen LogP contribution in [0, 0.1) is 11.6 Å². The number of ether oxygens (including phenoxy) is 1. The molecule has 0 heterocycles. The first-order chi connectivity index (χ1) is 11.0. The van der Waals surface area contributed by atoms with Crippen molar-refractivity contribution in [2.45, 2.75) is 0 Å². The summed E-state index contributed by atoms with van der Waals surface area (Å²) in [6, 6.07) is 11.7. The second-order valence-electron chi connectivity index (χ2n) is 5.07. The van der Waals surface area contributed by atoms with Crippen LogP contribution >= 0.6 is 0 Å². The lowest BCUT2D eigenvalue weighted by Gasteiger charge is -2.16. The van der Waals surface area contributed by atoms with Gasteiger partial charge in [0.15, 0.2) is 11.6 Å². The molecule has 0 saturated heterocycles. The molecule has 0 saturated carbocycles. The number of carbonyl (C=O) groups excluding carboxylic acids is 1. The Morgan fingerprint density at radius 2 is 1.83 bits per heavy atom. The first-order valence-corrected chi connectivity index (χ1v) is 7.16. The highest BCUT2D eigenvalue weighted by molar-refractivity contribution is 5.92. The molecule has 0 aromatic heterocycles. The summed E-state index contributed by atoms with van der Waals surface area (Å²) in [6.45, 7) is 0.879. The molecule has 0 aliphatic carbocycles. The molecule has 0 spiro atoms. The Kier molecular flexibility index (Phi) is 6.05. The van der Waals surface area contributed by atoms with Crippen LogP contribution in [0.25, 0.3) is 0 Å². The number of benzene rings is 2. The normalized spacial score (nSPS) is 10.6. The first kappa shape index (κ1) is 16.9. The summed E-state index contributed by atoms with van der Waals surface area (Å²) in [5.74, 6) is -0.795. The minimum Gasteiger partial charge on any atom is -0.489 e. The third-order valence-electron chi connectivity index (χ3n) is 3.11. The Labute approximate surface area is 133 Å². The van der Waals surface area contributed by atoms with E-state index in [0.717, 1.165) is 0 Å². The highest BCUT2D eigenvalue weighted by atomic mass is 19.1. The van der Waals surface area contributed by atoms with Crippen molar-refractivity contribution in [3.63, 3.8) is 0 Å². The van der Waals surface area contributed by atoms with Gasteiger partial charge in [0.25, 0.3) is 0 Å². The van der Waals surface area contributed by atoms with Gasteiger partial charge >= 0.3 is 0 Å². The van der Waals surface area contributed by atoms with E-state index in [1.165, 1.54) is 30.3 Å². The monoisotopic (exact) mass is 320 g/mol. The number of hydrogen-bond donors (Lipinski definition) is 1. The molecule has 0 radical (unpaired) electrons. The van der Waals surface area contributed by atoms with E-state index in [4.69, 9.17) is 4.74 Å². The van der Waals surface area contributed by atoms with Crippen LogP contribution in [0.1, 0.15) is 0 Å². The van der Waals surface area contributed by atoms with Crippen molar-refractivity contribution in [3.05, 3.63) is 60.2 Å². The number of likely N-dealkylation sites (N-methyl/N-ethyl adjacent to an activating group) is 1. The lowest BCUT2D eigenvalue weighted by molar-refractivity contribution is -0.117. The van der Waals surface area contributed by atoms with Crippen LogP contribution < -0.4 is 10.1 Å². The Morgan fingerprint density at radius 1 is 1.13 bits per heavy atom. The Morgan fingerprint density at radius 3 is 2.52 bits per heavy atom. The molecule has 122 valence electrons. The van der Waals surface area contributed by atoms with Gasteiger partial charge in [-0.05, 0) is 43.4 Å². The largest absolute Gasteiger partial charge is 0.489 e. The van der Waals surface area contributed by atoms with E-state index in [2.05, 4.69) is 5.32 Å². The standard InChI is InChI=1S/C17H18F2N2O2/c1-21(10-11-23-16-5-3-2-4-15(16)19)12-17(22)20-14-8-6-13(18)7-9-14/h2-9H,10-12H2,1H3,(H,20,22). The van der Waals surface area contributed by atoms with Crippen LogP contribution in [0.5, 0.6) is 5.75 Å². The zero-order valence-electron chi connectivity index (χ0n) is 12.8. The second-order valence-corrected chi connectivity index (χ2v) is 5.07. The molecular weight excluding hydrogens is 302 g/mol. The SMILES string of the molecule is CN(CCOc1ccccc1F)CC(=O)Nc1ccc(F)cc1. The van der Waals surface area contributed by atoms with Crippen molar-refractivity contribution in [1.29, 1.82) is 0 Å². The van der Waals surface area contributed by atoms with Crippen molar-refractivity contribution in [1.82, 2.24) is 4.90 Å². The van der Waals surface area contributed by atoms with E-state index >= 15 is 0 Å². The fourth-order valence-electron chi connectivity index (χ4n) is 1.93. The molecule has 1 N–H and O–H groups in total. The minimum atomic E-state index is -0.413. The van der Waals surface area contributed by atoms with Gasteiger partial charge in [-0.3, -0.25) is 9.69 Å². The molecular formula is C17H18F2N2O2. The summed E-state index contributed by atoms with van der Waals surface area (Å²) in [6.07, 6.45) is 0. The lowest BCUT2D eigenvalue weighted by Crippen LogP contribution is -2.33. The van der Waals surface area contributed by atoms with E-state index in [9.17, 15) is 13.6 Å². The molecule has 0 aliphatic rings. The number of hydrogen-bond acceptors (Lipinski definition) is 3. The maximum atomic E-state index is 13.4. The van der Waals surface area contributed by atoms with Crippen LogP contribution in [0.15, 0.2) is 48.5 Å². The maximum absolute atomic E-state index is 13.4. The van der Waals surface area contributed by atoms with Gasteiger partial charge in [-0.25, -0.2) is 8.78 Å². The summed E-state index contributed by atoms with van der Waals surface area (Å²) in [5, 5.41) is 2.67. The van der Waals surface area contributed by atoms with Crippen molar-refractivity contribution >= 4 is 11.6 Å². The van der Waals surface area contributed by atoms with Gasteiger partial charge in [0.05, 0.1) is 6.54 Å². The predicted octanol–water partition coefficient (Wildman–Crippen LogP) is 2.91. The van der Waals surface area contributed by atoms with Crippen molar-refractivity contribution < 1.29 is 18.3 Å². The van der Waals surface area contributed by atoms with E-state index in [0.29, 0.717) is 12.2 Å². The van der Waals surface area contributed by atoms with Crippen LogP contribution in [0.4, 0.5) is 14.5 Å². The van der Waals surface area contributed by atoms with Gasteiger partial charge in [-0.1, -0.05) is 12.1 Å². The third kappa shape index (κ3) is 5.67. The summed E-state index contributed by atoms with van der Waals surface area (Å²) < 4.78 is 31.5. The van der Waals surface area contributed by atoms with E-state index < -0.39 is 5.82 Å². The fraction of sp³-hybridized carbons (Fsp3) is 0.235. The number of para-hydroxylation sites is 1. The molecule has 2 aromatic carbocycles. The predicted molar refractivity (Wildman–Crippen MR) is 84.4 cm³/mol. The Balaban J connectivity index is 1.71. The number of carbonyl (C=O) groups is 1. The number of nitrogens with one attached hydrogen (secondary N) is 1. The Hall–Kier alpha value is -2.47. The fourth-order valence-corrected chi connectivity index (χ4v) is 1.93. The topological polar surface area (TPSA) is 41.6 Å². The molecule has 0 bridgehead atoms. The quantitative estimate of drug-likeness (QED) is 0.853. The highest BCUT2D eigenvalue weighted by Crippen LogP contribution is 2.15. The minimum absolute atomic E-state index is 0.151. The van der Waals surface area contributed by atoms with E-state index in [1.807, 2.05) is 0 Å². The molecule has 23 heavy (non-hydrogen) atoms. The van der Waals surface area contributed by atoms with Crippen LogP contribution in [-0.4, -0.2) is 37.6 Å². The average Bonchev–Trinajstić information content (AvgIpc) is 2.51. The van der Waals surface area contributed by atoms with Gasteiger partial charge in [-0.15, -0.1) is 0 Å². The summed E-state index contributed by atoms with van der Waals surface area (Å²) in [7, 11) is 1.76. The molecule has 4 nitrogen and oxygen atoms in total. The van der Waals surface area contributed by atoms with Crippen molar-refractivity contribution in [2.75, 3.05) is 32.1 Å². The zero-order chi connectivity index (χ0) is 16.7. The molecule has 0 unspecified atom stereocenters. The molecule has 0 fully saturated rings. The highest BCUT2D eigenvalue weighted by Gasteiger charge is 2.08. The van der Waals surface area contributed by atoms with Crippen LogP contribution in [-0.2, 0) is 4.79 Å². The van der Waals surface area contributed by atoms with Gasteiger partial charge < -0.3 is 10.1 Å². The van der Waals surface area contributed by atoms with E-state index in [-0.39, 0.29) is 30.6 Å². The molecule has 2 aromatic rings. The summed E-state index contributed by atoms with van der Waals surface area (Å²) >= 11 is 0. The first-order valence-electron chi connectivity index (χ1n) is 7.16. The van der Waals surface area contributed by atoms with Crippen LogP contribution in [0.3, 0.4) is 0 Å².